The molecular formula is C18H19ClO4. The van der Waals surface area contributed by atoms with E-state index >= 15 is 0 Å². The third kappa shape index (κ3) is 5.18. The molecule has 1 N–H and O–H groups in total. The van der Waals surface area contributed by atoms with Crippen molar-refractivity contribution in [3.8, 4) is 11.5 Å². The Morgan fingerprint density at radius 1 is 1.09 bits per heavy atom. The highest BCUT2D eigenvalue weighted by atomic mass is 35.5. The van der Waals surface area contributed by atoms with Gasteiger partial charge in [-0.1, -0.05) is 37.1 Å². The number of ether oxygens (including phenoxy) is 2. The molecule has 2 aromatic rings. The van der Waals surface area contributed by atoms with Gasteiger partial charge in [0.1, 0.15) is 30.3 Å². The molecule has 5 heteroatoms. The topological polar surface area (TPSA) is 55.8 Å². The number of hydrogen-bond donors (Lipinski definition) is 1. The minimum atomic E-state index is -1.07. The van der Waals surface area contributed by atoms with Gasteiger partial charge in [-0.3, -0.25) is 0 Å². The Hall–Kier alpha value is -2.20. The van der Waals surface area contributed by atoms with Crippen LogP contribution in [0.5, 0.6) is 11.5 Å². The molecule has 0 amide bonds. The van der Waals surface area contributed by atoms with Crippen LogP contribution in [0, 0.1) is 0 Å². The highest BCUT2D eigenvalue weighted by Crippen LogP contribution is 2.23. The molecule has 0 radical (unpaired) electrons. The van der Waals surface area contributed by atoms with E-state index in [9.17, 15) is 4.79 Å². The van der Waals surface area contributed by atoms with Crippen LogP contribution >= 0.6 is 11.6 Å². The largest absolute Gasteiger partial charge is 0.490 e. The summed E-state index contributed by atoms with van der Waals surface area (Å²) in [5.41, 5.74) is 1.32. The number of rotatable bonds is 8. The summed E-state index contributed by atoms with van der Waals surface area (Å²) in [5, 5.41) is 9.48. The third-order valence-electron chi connectivity index (χ3n) is 3.24. The Labute approximate surface area is 140 Å². The molecule has 0 aliphatic carbocycles. The van der Waals surface area contributed by atoms with Gasteiger partial charge in [0.05, 0.1) is 0 Å². The lowest BCUT2D eigenvalue weighted by atomic mass is 10.1. The predicted molar refractivity (Wildman–Crippen MR) is 89.8 cm³/mol. The lowest BCUT2D eigenvalue weighted by molar-refractivity contribution is 0.0691. The summed E-state index contributed by atoms with van der Waals surface area (Å²) in [6.45, 7) is 2.72. The molecule has 0 aliphatic rings. The lowest BCUT2D eigenvalue weighted by Crippen LogP contribution is -2.11. The van der Waals surface area contributed by atoms with Crippen molar-refractivity contribution in [1.82, 2.24) is 0 Å². The fourth-order valence-electron chi connectivity index (χ4n) is 2.15. The first-order valence-electron chi connectivity index (χ1n) is 7.47. The molecule has 4 nitrogen and oxygen atoms in total. The van der Waals surface area contributed by atoms with Crippen LogP contribution in [0.1, 0.15) is 29.3 Å². The smallest absolute Gasteiger partial charge is 0.339 e. The summed E-state index contributed by atoms with van der Waals surface area (Å²) < 4.78 is 11.1. The molecular weight excluding hydrogens is 316 g/mol. The Morgan fingerprint density at radius 2 is 1.78 bits per heavy atom. The van der Waals surface area contributed by atoms with Crippen molar-refractivity contribution in [3.63, 3.8) is 0 Å². The van der Waals surface area contributed by atoms with Gasteiger partial charge in [0.2, 0.25) is 0 Å². The maximum atomic E-state index is 11.1. The average Bonchev–Trinajstić information content (AvgIpc) is 2.54. The summed E-state index contributed by atoms with van der Waals surface area (Å²) in [5.74, 6) is -0.0262. The molecule has 0 saturated carbocycles. The lowest BCUT2D eigenvalue weighted by Gasteiger charge is -2.11. The van der Waals surface area contributed by atoms with Crippen molar-refractivity contribution < 1.29 is 19.4 Å². The molecule has 0 bridgehead atoms. The first-order valence-corrected chi connectivity index (χ1v) is 7.85. The second-order valence-electron chi connectivity index (χ2n) is 5.04. The molecule has 0 aliphatic heterocycles. The Morgan fingerprint density at radius 3 is 2.43 bits per heavy atom. The summed E-state index contributed by atoms with van der Waals surface area (Å²) in [4.78, 5) is 11.1. The maximum Gasteiger partial charge on any atom is 0.339 e. The van der Waals surface area contributed by atoms with Crippen molar-refractivity contribution >= 4 is 17.6 Å². The Balaban J connectivity index is 1.84. The van der Waals surface area contributed by atoms with Gasteiger partial charge in [-0.25, -0.2) is 4.79 Å². The van der Waals surface area contributed by atoms with Gasteiger partial charge in [0.25, 0.3) is 0 Å². The Kier molecular flexibility index (Phi) is 6.29. The van der Waals surface area contributed by atoms with Crippen molar-refractivity contribution in [2.75, 3.05) is 13.2 Å². The van der Waals surface area contributed by atoms with Gasteiger partial charge in [-0.05, 0) is 42.3 Å². The average molecular weight is 335 g/mol. The van der Waals surface area contributed by atoms with Crippen LogP contribution in [-0.2, 0) is 6.42 Å². The summed E-state index contributed by atoms with van der Waals surface area (Å²) in [6.07, 6.45) is 2.17. The second-order valence-corrected chi connectivity index (χ2v) is 5.47. The third-order valence-corrected chi connectivity index (χ3v) is 3.48. The summed E-state index contributed by atoms with van der Waals surface area (Å²) >= 11 is 5.79. The van der Waals surface area contributed by atoms with E-state index in [0.717, 1.165) is 18.6 Å². The molecule has 0 spiro atoms. The van der Waals surface area contributed by atoms with Crippen LogP contribution < -0.4 is 9.47 Å². The number of halogens is 1. The van der Waals surface area contributed by atoms with E-state index in [0.29, 0.717) is 11.6 Å². The SMILES string of the molecule is CCCc1ccc(OCCOc2ccc(Cl)cc2C(=O)O)cc1. The molecule has 0 fully saturated rings. The van der Waals surface area contributed by atoms with Crippen LogP contribution in [-0.4, -0.2) is 24.3 Å². The van der Waals surface area contributed by atoms with Crippen molar-refractivity contribution in [1.29, 1.82) is 0 Å². The standard InChI is InChI=1S/C18H19ClO4/c1-2-3-13-4-7-15(8-5-13)22-10-11-23-17-9-6-14(19)12-16(17)18(20)21/h4-9,12H,2-3,10-11H2,1H3,(H,20,21). The molecule has 2 rings (SSSR count). The van der Waals surface area contributed by atoms with Gasteiger partial charge in [0.15, 0.2) is 0 Å². The molecule has 122 valence electrons. The monoisotopic (exact) mass is 334 g/mol. The van der Waals surface area contributed by atoms with Crippen molar-refractivity contribution in [2.45, 2.75) is 19.8 Å². The van der Waals surface area contributed by atoms with E-state index in [2.05, 4.69) is 6.92 Å². The van der Waals surface area contributed by atoms with Crippen LogP contribution in [0.15, 0.2) is 42.5 Å². The van der Waals surface area contributed by atoms with E-state index < -0.39 is 5.97 Å². The summed E-state index contributed by atoms with van der Waals surface area (Å²) in [6, 6.07) is 12.4. The van der Waals surface area contributed by atoms with Crippen molar-refractivity contribution in [2.24, 2.45) is 0 Å². The van der Waals surface area contributed by atoms with E-state index in [-0.39, 0.29) is 17.9 Å². The number of carboxylic acids is 1. The zero-order valence-corrected chi connectivity index (χ0v) is 13.7. The number of hydrogen-bond acceptors (Lipinski definition) is 3. The van der Waals surface area contributed by atoms with E-state index in [1.54, 1.807) is 12.1 Å². The summed E-state index contributed by atoms with van der Waals surface area (Å²) in [7, 11) is 0. The van der Waals surface area contributed by atoms with E-state index in [4.69, 9.17) is 26.2 Å². The van der Waals surface area contributed by atoms with Gasteiger partial charge in [-0.2, -0.15) is 0 Å². The fourth-order valence-corrected chi connectivity index (χ4v) is 2.32. The fraction of sp³-hybridized carbons (Fsp3) is 0.278. The molecule has 0 aromatic heterocycles. The minimum Gasteiger partial charge on any atom is -0.490 e. The molecule has 0 unspecified atom stereocenters. The highest BCUT2D eigenvalue weighted by molar-refractivity contribution is 6.31. The first kappa shape index (κ1) is 17.2. The van der Waals surface area contributed by atoms with Crippen molar-refractivity contribution in [3.05, 3.63) is 58.6 Å². The number of benzene rings is 2. The quantitative estimate of drug-likeness (QED) is 0.725. The Bertz CT molecular complexity index is 653. The molecule has 23 heavy (non-hydrogen) atoms. The van der Waals surface area contributed by atoms with E-state index in [1.165, 1.54) is 11.6 Å². The van der Waals surface area contributed by atoms with Crippen LogP contribution in [0.3, 0.4) is 0 Å². The van der Waals surface area contributed by atoms with Gasteiger partial charge in [0, 0.05) is 5.02 Å². The highest BCUT2D eigenvalue weighted by Gasteiger charge is 2.11. The molecule has 0 saturated heterocycles. The number of carbonyl (C=O) groups is 1. The maximum absolute atomic E-state index is 11.1. The van der Waals surface area contributed by atoms with Gasteiger partial charge < -0.3 is 14.6 Å². The molecule has 2 aromatic carbocycles. The zero-order chi connectivity index (χ0) is 16.7. The molecule has 0 heterocycles. The predicted octanol–water partition coefficient (Wildman–Crippen LogP) is 4.45. The van der Waals surface area contributed by atoms with E-state index in [1.807, 2.05) is 24.3 Å². The van der Waals surface area contributed by atoms with Crippen LogP contribution in [0.25, 0.3) is 0 Å². The number of aryl methyl sites for hydroxylation is 1. The first-order chi connectivity index (χ1) is 11.1. The number of aromatic carboxylic acids is 1. The minimum absolute atomic E-state index is 0.0430. The zero-order valence-electron chi connectivity index (χ0n) is 12.9. The van der Waals surface area contributed by atoms with Crippen LogP contribution in [0.2, 0.25) is 5.02 Å². The van der Waals surface area contributed by atoms with Gasteiger partial charge >= 0.3 is 5.97 Å². The second kappa shape index (κ2) is 8.44. The number of carboxylic acid groups (broad SMARTS) is 1. The molecule has 0 atom stereocenters. The normalized spacial score (nSPS) is 10.3. The van der Waals surface area contributed by atoms with Crippen LogP contribution in [0.4, 0.5) is 0 Å². The van der Waals surface area contributed by atoms with Gasteiger partial charge in [-0.15, -0.1) is 0 Å².